The molecule has 0 aliphatic rings. The van der Waals surface area contributed by atoms with E-state index in [4.69, 9.17) is 10.00 Å². The van der Waals surface area contributed by atoms with Crippen molar-refractivity contribution in [1.82, 2.24) is 5.32 Å². The highest BCUT2D eigenvalue weighted by Gasteiger charge is 2.03. The van der Waals surface area contributed by atoms with Crippen LogP contribution in [0.5, 0.6) is 5.75 Å². The summed E-state index contributed by atoms with van der Waals surface area (Å²) in [5.74, 6) is 1.24. The van der Waals surface area contributed by atoms with Gasteiger partial charge in [-0.1, -0.05) is 6.07 Å². The predicted octanol–water partition coefficient (Wildman–Crippen LogP) is 1.03. The first-order chi connectivity index (χ1) is 8.17. The summed E-state index contributed by atoms with van der Waals surface area (Å²) in [4.78, 5) is 0. The van der Waals surface area contributed by atoms with Crippen LogP contribution in [0.3, 0.4) is 0 Å². The van der Waals surface area contributed by atoms with E-state index in [1.54, 1.807) is 19.4 Å². The monoisotopic (exact) mass is 252 g/mol. The molecule has 0 aliphatic heterocycles. The van der Waals surface area contributed by atoms with E-state index < -0.39 is 10.8 Å². The van der Waals surface area contributed by atoms with E-state index in [2.05, 4.69) is 11.4 Å². The maximum atomic E-state index is 10.9. The van der Waals surface area contributed by atoms with Gasteiger partial charge in [0.15, 0.2) is 0 Å². The minimum Gasteiger partial charge on any atom is -0.495 e. The van der Waals surface area contributed by atoms with Gasteiger partial charge in [-0.2, -0.15) is 5.26 Å². The molecule has 17 heavy (non-hydrogen) atoms. The van der Waals surface area contributed by atoms with Gasteiger partial charge < -0.3 is 10.1 Å². The zero-order chi connectivity index (χ0) is 12.7. The fourth-order valence-corrected chi connectivity index (χ4v) is 1.82. The molecule has 0 radical (unpaired) electrons. The van der Waals surface area contributed by atoms with Gasteiger partial charge in [0.1, 0.15) is 11.8 Å². The third kappa shape index (κ3) is 4.55. The topological polar surface area (TPSA) is 62.1 Å². The van der Waals surface area contributed by atoms with Gasteiger partial charge in [0, 0.05) is 35.9 Å². The van der Waals surface area contributed by atoms with Crippen LogP contribution in [-0.2, 0) is 17.3 Å². The molecule has 0 amide bonds. The Bertz CT molecular complexity index is 441. The zero-order valence-electron chi connectivity index (χ0n) is 10.0. The van der Waals surface area contributed by atoms with Crippen molar-refractivity contribution >= 4 is 10.8 Å². The number of hydrogen-bond acceptors (Lipinski definition) is 4. The summed E-state index contributed by atoms with van der Waals surface area (Å²) in [6.07, 6.45) is 1.69. The second-order valence-corrected chi connectivity index (χ2v) is 5.16. The molecule has 4 nitrogen and oxygen atoms in total. The normalized spacial score (nSPS) is 11.8. The number of hydrogen-bond donors (Lipinski definition) is 1. The Morgan fingerprint density at radius 1 is 1.53 bits per heavy atom. The fraction of sp³-hybridized carbons (Fsp3) is 0.417. The van der Waals surface area contributed by atoms with E-state index in [1.807, 2.05) is 12.1 Å². The molecule has 0 aromatic heterocycles. The lowest BCUT2D eigenvalue weighted by Crippen LogP contribution is -2.19. The lowest BCUT2D eigenvalue weighted by Gasteiger charge is -2.07. The van der Waals surface area contributed by atoms with Crippen molar-refractivity contribution < 1.29 is 8.95 Å². The molecule has 1 N–H and O–H groups in total. The Balaban J connectivity index is 2.55. The lowest BCUT2D eigenvalue weighted by molar-refractivity contribution is 0.412. The summed E-state index contributed by atoms with van der Waals surface area (Å²) in [5, 5.41) is 12.0. The summed E-state index contributed by atoms with van der Waals surface area (Å²) in [7, 11) is 0.784. The molecule has 0 spiro atoms. The highest BCUT2D eigenvalue weighted by atomic mass is 32.2. The van der Waals surface area contributed by atoms with Gasteiger partial charge >= 0.3 is 0 Å². The number of benzene rings is 1. The van der Waals surface area contributed by atoms with Crippen molar-refractivity contribution in [3.8, 4) is 11.8 Å². The molecule has 1 rings (SSSR count). The maximum Gasteiger partial charge on any atom is 0.136 e. The Morgan fingerprint density at radius 2 is 2.29 bits per heavy atom. The van der Waals surface area contributed by atoms with Crippen LogP contribution in [0.1, 0.15) is 11.1 Å². The standard InChI is InChI=1S/C12H16N2O2S/c1-16-12-7-10(3-4-11(12)8-13)9-14-5-6-17(2)15/h3-4,7,14H,5-6,9H2,1-2H3. The molecule has 0 heterocycles. The van der Waals surface area contributed by atoms with Crippen LogP contribution in [0.25, 0.3) is 0 Å². The van der Waals surface area contributed by atoms with Crippen LogP contribution in [-0.4, -0.2) is 29.9 Å². The van der Waals surface area contributed by atoms with Gasteiger partial charge in [0.25, 0.3) is 0 Å². The number of nitriles is 1. The van der Waals surface area contributed by atoms with Crippen LogP contribution in [0.15, 0.2) is 18.2 Å². The van der Waals surface area contributed by atoms with Crippen molar-refractivity contribution in [1.29, 1.82) is 5.26 Å². The van der Waals surface area contributed by atoms with Crippen molar-refractivity contribution in [3.05, 3.63) is 29.3 Å². The van der Waals surface area contributed by atoms with Crippen LogP contribution < -0.4 is 10.1 Å². The van der Waals surface area contributed by atoms with Gasteiger partial charge in [-0.25, -0.2) is 0 Å². The maximum absolute atomic E-state index is 10.9. The van der Waals surface area contributed by atoms with Gasteiger partial charge in [-0.3, -0.25) is 4.21 Å². The number of nitrogens with one attached hydrogen (secondary N) is 1. The van der Waals surface area contributed by atoms with Crippen LogP contribution in [0.2, 0.25) is 0 Å². The molecule has 1 unspecified atom stereocenters. The first kappa shape index (κ1) is 13.7. The molecule has 0 saturated heterocycles. The van der Waals surface area contributed by atoms with E-state index in [9.17, 15) is 4.21 Å². The quantitative estimate of drug-likeness (QED) is 0.768. The second-order valence-electron chi connectivity index (χ2n) is 3.60. The third-order valence-corrected chi connectivity index (χ3v) is 3.06. The second kappa shape index (κ2) is 7.05. The molecule has 1 aromatic rings. The Labute approximate surface area is 104 Å². The molecular weight excluding hydrogens is 236 g/mol. The Kier molecular flexibility index (Phi) is 5.67. The molecular formula is C12H16N2O2S. The lowest BCUT2D eigenvalue weighted by atomic mass is 10.1. The average molecular weight is 252 g/mol. The van der Waals surface area contributed by atoms with Crippen molar-refractivity contribution in [2.45, 2.75) is 6.54 Å². The molecule has 0 bridgehead atoms. The van der Waals surface area contributed by atoms with Crippen molar-refractivity contribution in [2.24, 2.45) is 0 Å². The number of rotatable bonds is 6. The van der Waals surface area contributed by atoms with Gasteiger partial charge in [0.05, 0.1) is 12.7 Å². The third-order valence-electron chi connectivity index (χ3n) is 2.28. The smallest absolute Gasteiger partial charge is 0.136 e. The van der Waals surface area contributed by atoms with Gasteiger partial charge in [-0.05, 0) is 17.7 Å². The minimum atomic E-state index is -0.765. The van der Waals surface area contributed by atoms with Crippen molar-refractivity contribution in [2.75, 3.05) is 25.7 Å². The number of nitrogens with zero attached hydrogens (tertiary/aromatic N) is 1. The first-order valence-corrected chi connectivity index (χ1v) is 6.98. The molecule has 0 aliphatic carbocycles. The zero-order valence-corrected chi connectivity index (χ0v) is 10.8. The molecule has 1 aromatic carbocycles. The summed E-state index contributed by atoms with van der Waals surface area (Å²) in [6.45, 7) is 1.39. The van der Waals surface area contributed by atoms with E-state index in [-0.39, 0.29) is 0 Å². The molecule has 0 fully saturated rings. The summed E-state index contributed by atoms with van der Waals surface area (Å²) in [6, 6.07) is 7.54. The van der Waals surface area contributed by atoms with E-state index in [0.29, 0.717) is 30.2 Å². The van der Waals surface area contributed by atoms with Gasteiger partial charge in [0.2, 0.25) is 0 Å². The Hall–Kier alpha value is -1.38. The summed E-state index contributed by atoms with van der Waals surface area (Å²) in [5.41, 5.74) is 1.58. The average Bonchev–Trinajstić information content (AvgIpc) is 2.34. The minimum absolute atomic E-state index is 0.533. The summed E-state index contributed by atoms with van der Waals surface area (Å²) < 4.78 is 16.0. The first-order valence-electron chi connectivity index (χ1n) is 5.25. The largest absolute Gasteiger partial charge is 0.495 e. The Morgan fingerprint density at radius 3 is 2.88 bits per heavy atom. The SMILES string of the molecule is COc1cc(CNCCS(C)=O)ccc1C#N. The summed E-state index contributed by atoms with van der Waals surface area (Å²) >= 11 is 0. The van der Waals surface area contributed by atoms with E-state index in [1.165, 1.54) is 0 Å². The molecule has 92 valence electrons. The predicted molar refractivity (Wildman–Crippen MR) is 68.3 cm³/mol. The van der Waals surface area contributed by atoms with Crippen LogP contribution in [0, 0.1) is 11.3 Å². The molecule has 0 saturated carbocycles. The van der Waals surface area contributed by atoms with E-state index >= 15 is 0 Å². The van der Waals surface area contributed by atoms with Crippen LogP contribution >= 0.6 is 0 Å². The molecule has 5 heteroatoms. The van der Waals surface area contributed by atoms with Crippen molar-refractivity contribution in [3.63, 3.8) is 0 Å². The fourth-order valence-electron chi connectivity index (χ4n) is 1.39. The van der Waals surface area contributed by atoms with E-state index in [0.717, 1.165) is 5.56 Å². The number of methoxy groups -OCH3 is 1. The van der Waals surface area contributed by atoms with Gasteiger partial charge in [-0.15, -0.1) is 0 Å². The highest BCUT2D eigenvalue weighted by Crippen LogP contribution is 2.18. The number of ether oxygens (including phenoxy) is 1. The van der Waals surface area contributed by atoms with Crippen LogP contribution in [0.4, 0.5) is 0 Å². The molecule has 1 atom stereocenters. The highest BCUT2D eigenvalue weighted by molar-refractivity contribution is 7.84.